The van der Waals surface area contributed by atoms with Crippen LogP contribution in [0.25, 0.3) is 0 Å². The van der Waals surface area contributed by atoms with Crippen LogP contribution in [0.1, 0.15) is 27.9 Å². The number of amides is 2. The number of rotatable bonds is 6. The summed E-state index contributed by atoms with van der Waals surface area (Å²) in [6.07, 6.45) is 0.157. The zero-order chi connectivity index (χ0) is 21.0. The average Bonchev–Trinajstić information content (AvgIpc) is 3.13. The number of nitrogens with zero attached hydrogens (tertiary/aromatic N) is 1. The van der Waals surface area contributed by atoms with E-state index in [2.05, 4.69) is 10.1 Å². The molecule has 1 N–H and O–H groups in total. The van der Waals surface area contributed by atoms with Crippen LogP contribution in [0, 0.1) is 12.8 Å². The van der Waals surface area contributed by atoms with E-state index in [-0.39, 0.29) is 18.2 Å². The molecule has 0 aliphatic carbocycles. The molecule has 1 fully saturated rings. The first kappa shape index (κ1) is 20.4. The van der Waals surface area contributed by atoms with Gasteiger partial charge in [0.05, 0.1) is 31.4 Å². The number of esters is 1. The van der Waals surface area contributed by atoms with Crippen molar-refractivity contribution < 1.29 is 23.9 Å². The largest absolute Gasteiger partial charge is 0.495 e. The third-order valence-electron chi connectivity index (χ3n) is 4.96. The van der Waals surface area contributed by atoms with Gasteiger partial charge in [-0.15, -0.1) is 0 Å². The Kier molecular flexibility index (Phi) is 6.16. The Morgan fingerprint density at radius 1 is 1.14 bits per heavy atom. The number of carbonyl (C=O) groups excluding carboxylic acids is 3. The van der Waals surface area contributed by atoms with Gasteiger partial charge in [0.25, 0.3) is 0 Å². The van der Waals surface area contributed by atoms with Crippen LogP contribution in [0.15, 0.2) is 42.5 Å². The molecule has 29 heavy (non-hydrogen) atoms. The van der Waals surface area contributed by atoms with Crippen molar-refractivity contribution in [1.29, 1.82) is 0 Å². The van der Waals surface area contributed by atoms with Gasteiger partial charge >= 0.3 is 5.97 Å². The summed E-state index contributed by atoms with van der Waals surface area (Å²) in [7, 11) is 2.89. The lowest BCUT2D eigenvalue weighted by atomic mass is 10.1. The highest BCUT2D eigenvalue weighted by molar-refractivity contribution is 6.01. The summed E-state index contributed by atoms with van der Waals surface area (Å²) in [6.45, 7) is 2.57. The van der Waals surface area contributed by atoms with Crippen molar-refractivity contribution in [2.45, 2.75) is 19.9 Å². The van der Waals surface area contributed by atoms with E-state index >= 15 is 0 Å². The molecule has 1 unspecified atom stereocenters. The topological polar surface area (TPSA) is 84.9 Å². The summed E-state index contributed by atoms with van der Waals surface area (Å²) in [5.41, 5.74) is 3.00. The Labute approximate surface area is 169 Å². The molecule has 0 radical (unpaired) electrons. The summed E-state index contributed by atoms with van der Waals surface area (Å²) in [5.74, 6) is -0.504. The van der Waals surface area contributed by atoms with Gasteiger partial charge < -0.3 is 19.7 Å². The van der Waals surface area contributed by atoms with Crippen molar-refractivity contribution in [3.63, 3.8) is 0 Å². The highest BCUT2D eigenvalue weighted by Crippen LogP contribution is 2.33. The van der Waals surface area contributed by atoms with Crippen molar-refractivity contribution >= 4 is 23.5 Å². The molecule has 2 amide bonds. The Bertz CT molecular complexity index is 923. The number of anilines is 1. The minimum atomic E-state index is -0.429. The number of methoxy groups -OCH3 is 2. The van der Waals surface area contributed by atoms with E-state index in [0.29, 0.717) is 30.1 Å². The molecule has 1 saturated heterocycles. The van der Waals surface area contributed by atoms with Gasteiger partial charge in [-0.3, -0.25) is 9.59 Å². The normalized spacial score (nSPS) is 15.9. The third kappa shape index (κ3) is 4.56. The molecule has 0 aromatic heterocycles. The van der Waals surface area contributed by atoms with Gasteiger partial charge in [0.1, 0.15) is 5.75 Å². The first-order valence-electron chi connectivity index (χ1n) is 9.33. The molecule has 152 valence electrons. The van der Waals surface area contributed by atoms with Gasteiger partial charge in [-0.2, -0.15) is 0 Å². The minimum Gasteiger partial charge on any atom is -0.495 e. The van der Waals surface area contributed by atoms with Crippen molar-refractivity contribution in [3.05, 3.63) is 59.2 Å². The number of hydrogen-bond donors (Lipinski definition) is 1. The maximum atomic E-state index is 12.6. The minimum absolute atomic E-state index is 0.100. The quantitative estimate of drug-likeness (QED) is 0.758. The molecule has 1 aliphatic rings. The van der Waals surface area contributed by atoms with Gasteiger partial charge in [0.2, 0.25) is 11.8 Å². The number of hydrogen-bond acceptors (Lipinski definition) is 5. The molecule has 0 spiro atoms. The SMILES string of the molecule is COC(=O)c1ccc(CNC(=O)C2CC(=O)N(c3cc(C)ccc3OC)C2)cc1. The summed E-state index contributed by atoms with van der Waals surface area (Å²) in [5, 5.41) is 2.87. The van der Waals surface area contributed by atoms with E-state index in [1.807, 2.05) is 25.1 Å². The number of ether oxygens (including phenoxy) is 2. The Hall–Kier alpha value is -3.35. The van der Waals surface area contributed by atoms with Crippen molar-refractivity contribution in [1.82, 2.24) is 5.32 Å². The summed E-state index contributed by atoms with van der Waals surface area (Å²) >= 11 is 0. The fraction of sp³-hybridized carbons (Fsp3) is 0.318. The lowest BCUT2D eigenvalue weighted by Gasteiger charge is -2.20. The molecule has 1 atom stereocenters. The van der Waals surface area contributed by atoms with Crippen LogP contribution >= 0.6 is 0 Å². The predicted octanol–water partition coefficient (Wildman–Crippen LogP) is 2.46. The van der Waals surface area contributed by atoms with E-state index < -0.39 is 11.9 Å². The number of nitrogens with one attached hydrogen (secondary N) is 1. The van der Waals surface area contributed by atoms with Crippen molar-refractivity contribution in [3.8, 4) is 5.75 Å². The van der Waals surface area contributed by atoms with E-state index in [1.165, 1.54) is 7.11 Å². The average molecular weight is 396 g/mol. The lowest BCUT2D eigenvalue weighted by Crippen LogP contribution is -2.32. The summed E-state index contributed by atoms with van der Waals surface area (Å²) in [6, 6.07) is 12.4. The standard InChI is InChI=1S/C22H24N2O5/c1-14-4-9-19(28-2)18(10-14)24-13-17(11-20(24)25)21(26)23-12-15-5-7-16(8-6-15)22(27)29-3/h4-10,17H,11-13H2,1-3H3,(H,23,26). The maximum absolute atomic E-state index is 12.6. The fourth-order valence-electron chi connectivity index (χ4n) is 3.34. The molecular formula is C22H24N2O5. The Morgan fingerprint density at radius 3 is 2.52 bits per heavy atom. The molecule has 1 aliphatic heterocycles. The monoisotopic (exact) mass is 396 g/mol. The fourth-order valence-corrected chi connectivity index (χ4v) is 3.34. The van der Waals surface area contributed by atoms with Gasteiger partial charge in [0, 0.05) is 19.5 Å². The maximum Gasteiger partial charge on any atom is 0.337 e. The van der Waals surface area contributed by atoms with Crippen LogP contribution < -0.4 is 15.0 Å². The molecule has 2 aromatic carbocycles. The van der Waals surface area contributed by atoms with Crippen LogP contribution in [0.2, 0.25) is 0 Å². The van der Waals surface area contributed by atoms with Crippen LogP contribution in [0.3, 0.4) is 0 Å². The van der Waals surface area contributed by atoms with E-state index in [9.17, 15) is 14.4 Å². The van der Waals surface area contributed by atoms with E-state index in [4.69, 9.17) is 4.74 Å². The number of benzene rings is 2. The van der Waals surface area contributed by atoms with E-state index in [0.717, 1.165) is 11.1 Å². The second kappa shape index (κ2) is 8.77. The predicted molar refractivity (Wildman–Crippen MR) is 108 cm³/mol. The third-order valence-corrected chi connectivity index (χ3v) is 4.96. The first-order valence-corrected chi connectivity index (χ1v) is 9.33. The number of aryl methyl sites for hydroxylation is 1. The summed E-state index contributed by atoms with van der Waals surface area (Å²) < 4.78 is 10.0. The Morgan fingerprint density at radius 2 is 1.86 bits per heavy atom. The highest BCUT2D eigenvalue weighted by atomic mass is 16.5. The van der Waals surface area contributed by atoms with E-state index in [1.54, 1.807) is 36.3 Å². The number of carbonyl (C=O) groups is 3. The smallest absolute Gasteiger partial charge is 0.337 e. The molecule has 7 nitrogen and oxygen atoms in total. The second-order valence-corrected chi connectivity index (χ2v) is 6.99. The van der Waals surface area contributed by atoms with Crippen LogP contribution in [0.5, 0.6) is 5.75 Å². The lowest BCUT2D eigenvalue weighted by molar-refractivity contribution is -0.126. The molecule has 1 heterocycles. The molecule has 3 rings (SSSR count). The molecule has 7 heteroatoms. The van der Waals surface area contributed by atoms with Crippen LogP contribution in [0.4, 0.5) is 5.69 Å². The Balaban J connectivity index is 1.62. The van der Waals surface area contributed by atoms with Crippen LogP contribution in [-0.4, -0.2) is 38.5 Å². The van der Waals surface area contributed by atoms with Gasteiger partial charge in [-0.05, 0) is 42.3 Å². The molecule has 0 bridgehead atoms. The second-order valence-electron chi connectivity index (χ2n) is 6.99. The molecule has 0 saturated carbocycles. The molecular weight excluding hydrogens is 372 g/mol. The highest BCUT2D eigenvalue weighted by Gasteiger charge is 2.36. The van der Waals surface area contributed by atoms with Crippen LogP contribution in [-0.2, 0) is 20.9 Å². The zero-order valence-electron chi connectivity index (χ0n) is 16.7. The molecule has 2 aromatic rings. The summed E-state index contributed by atoms with van der Waals surface area (Å²) in [4.78, 5) is 38.2. The van der Waals surface area contributed by atoms with Gasteiger partial charge in [-0.25, -0.2) is 4.79 Å². The zero-order valence-corrected chi connectivity index (χ0v) is 16.7. The van der Waals surface area contributed by atoms with Crippen molar-refractivity contribution in [2.75, 3.05) is 25.7 Å². The van der Waals surface area contributed by atoms with Gasteiger partial charge in [0.15, 0.2) is 0 Å². The van der Waals surface area contributed by atoms with Gasteiger partial charge in [-0.1, -0.05) is 18.2 Å². The van der Waals surface area contributed by atoms with Crippen molar-refractivity contribution in [2.24, 2.45) is 5.92 Å². The first-order chi connectivity index (χ1) is 13.9.